The zero-order valence-corrected chi connectivity index (χ0v) is 56.0. The van der Waals surface area contributed by atoms with E-state index in [-0.39, 0.29) is 31.1 Å². The van der Waals surface area contributed by atoms with Gasteiger partial charge in [0.15, 0.2) is 6.10 Å². The Balaban J connectivity index is 4.27. The summed E-state index contributed by atoms with van der Waals surface area (Å²) in [6.07, 6.45) is 91.5. The average Bonchev–Trinajstić information content (AvgIpc) is 3.50. The summed E-state index contributed by atoms with van der Waals surface area (Å²) in [6, 6.07) is 0. The molecule has 6 nitrogen and oxygen atoms in total. The summed E-state index contributed by atoms with van der Waals surface area (Å²) in [7, 11) is 0. The van der Waals surface area contributed by atoms with Crippen molar-refractivity contribution < 1.29 is 28.6 Å². The van der Waals surface area contributed by atoms with E-state index in [2.05, 4.69) is 69.4 Å². The van der Waals surface area contributed by atoms with Crippen LogP contribution in [0.5, 0.6) is 0 Å². The van der Waals surface area contributed by atoms with Crippen molar-refractivity contribution in [3.8, 4) is 0 Å². The van der Waals surface area contributed by atoms with Crippen LogP contribution in [0.2, 0.25) is 0 Å². The molecule has 0 aromatic carbocycles. The highest BCUT2D eigenvalue weighted by Gasteiger charge is 2.20. The molecule has 0 saturated carbocycles. The molecule has 1 unspecified atom stereocenters. The normalized spacial score (nSPS) is 12.3. The minimum absolute atomic E-state index is 0.0727. The van der Waals surface area contributed by atoms with E-state index in [0.29, 0.717) is 19.3 Å². The van der Waals surface area contributed by atoms with E-state index in [1.54, 1.807) is 0 Å². The van der Waals surface area contributed by atoms with E-state index in [0.717, 1.165) is 83.5 Å². The lowest BCUT2D eigenvalue weighted by Gasteiger charge is -2.18. The highest BCUT2D eigenvalue weighted by molar-refractivity contribution is 5.71. The molecule has 0 aliphatic heterocycles. The predicted molar refractivity (Wildman–Crippen MR) is 362 cm³/mol. The zero-order chi connectivity index (χ0) is 59.9. The summed E-state index contributed by atoms with van der Waals surface area (Å²) >= 11 is 0. The van der Waals surface area contributed by atoms with Crippen LogP contribution in [-0.4, -0.2) is 37.2 Å². The number of carbonyl (C=O) groups excluding carboxylic acids is 3. The van der Waals surface area contributed by atoms with E-state index in [1.165, 1.54) is 283 Å². The van der Waals surface area contributed by atoms with Gasteiger partial charge in [0.25, 0.3) is 0 Å². The first kappa shape index (κ1) is 80.4. The van der Waals surface area contributed by atoms with Crippen molar-refractivity contribution in [1.29, 1.82) is 0 Å². The Kier molecular flexibility index (Phi) is 69.6. The van der Waals surface area contributed by atoms with Crippen molar-refractivity contribution in [1.82, 2.24) is 0 Å². The number of ether oxygens (including phenoxy) is 3. The molecule has 1 atom stereocenters. The number of esters is 3. The molecule has 486 valence electrons. The van der Waals surface area contributed by atoms with Crippen LogP contribution in [0.4, 0.5) is 0 Å². The quantitative estimate of drug-likeness (QED) is 0.0261. The molecule has 0 aliphatic carbocycles. The third-order valence-electron chi connectivity index (χ3n) is 16.8. The molecule has 0 radical (unpaired) electrons. The van der Waals surface area contributed by atoms with Crippen LogP contribution in [-0.2, 0) is 28.6 Å². The topological polar surface area (TPSA) is 78.9 Å². The third-order valence-corrected chi connectivity index (χ3v) is 16.8. The number of carbonyl (C=O) groups is 3. The molecule has 0 N–H and O–H groups in total. The molecule has 0 saturated heterocycles. The fourth-order valence-corrected chi connectivity index (χ4v) is 11.3. The lowest BCUT2D eigenvalue weighted by Crippen LogP contribution is -2.30. The van der Waals surface area contributed by atoms with Crippen LogP contribution < -0.4 is 0 Å². The summed E-state index contributed by atoms with van der Waals surface area (Å²) in [5.74, 6) is -0.856. The summed E-state index contributed by atoms with van der Waals surface area (Å²) in [5.41, 5.74) is 0. The van der Waals surface area contributed by atoms with Gasteiger partial charge in [-0.25, -0.2) is 0 Å². The Labute approximate surface area is 518 Å². The van der Waals surface area contributed by atoms with Gasteiger partial charge in [0.05, 0.1) is 0 Å². The van der Waals surface area contributed by atoms with Crippen molar-refractivity contribution >= 4 is 17.9 Å². The van der Waals surface area contributed by atoms with Gasteiger partial charge in [0, 0.05) is 19.3 Å². The first-order valence-electron chi connectivity index (χ1n) is 37.1. The van der Waals surface area contributed by atoms with Gasteiger partial charge in [-0.15, -0.1) is 0 Å². The number of rotatable bonds is 69. The maximum Gasteiger partial charge on any atom is 0.306 e. The molecule has 0 aliphatic rings. The maximum atomic E-state index is 13.0. The Morgan fingerprint density at radius 1 is 0.253 bits per heavy atom. The lowest BCUT2D eigenvalue weighted by molar-refractivity contribution is -0.167. The van der Waals surface area contributed by atoms with Crippen molar-refractivity contribution in [3.05, 3.63) is 48.6 Å². The molecule has 0 rings (SSSR count). The van der Waals surface area contributed by atoms with Crippen LogP contribution in [0, 0.1) is 0 Å². The second-order valence-corrected chi connectivity index (χ2v) is 25.2. The molecule has 6 heteroatoms. The molecular formula is C77H142O6. The number of hydrogen-bond donors (Lipinski definition) is 0. The van der Waals surface area contributed by atoms with Gasteiger partial charge in [-0.3, -0.25) is 14.4 Å². The molecule has 0 amide bonds. The summed E-state index contributed by atoms with van der Waals surface area (Å²) in [5, 5.41) is 0. The van der Waals surface area contributed by atoms with E-state index in [9.17, 15) is 14.4 Å². The number of hydrogen-bond acceptors (Lipinski definition) is 6. The second kappa shape index (κ2) is 71.8. The fraction of sp³-hybridized carbons (Fsp3) is 0.857. The van der Waals surface area contributed by atoms with Gasteiger partial charge in [-0.2, -0.15) is 0 Å². The van der Waals surface area contributed by atoms with Crippen LogP contribution in [0.15, 0.2) is 48.6 Å². The van der Waals surface area contributed by atoms with Crippen LogP contribution in [0.1, 0.15) is 406 Å². The standard InChI is InChI=1S/C77H142O6/c1-4-7-10-13-16-19-22-25-28-31-33-35-36-37-38-39-40-42-43-46-49-52-55-58-61-64-67-70-76(79)82-73-74(72-81-75(78)69-66-63-60-57-54-51-48-45-30-27-24-21-18-15-12-9-6-3)83-77(80)71-68-65-62-59-56-53-50-47-44-41-34-32-29-26-23-20-17-14-11-8-5-2/h9,12,18,21,27,30,32,34,74H,4-8,10-11,13-17,19-20,22-26,28-29,31,33,35-73H2,1-3H3/b12-9-,21-18-,30-27-,34-32-. The smallest absolute Gasteiger partial charge is 0.306 e. The van der Waals surface area contributed by atoms with E-state index >= 15 is 0 Å². The molecule has 0 heterocycles. The van der Waals surface area contributed by atoms with Gasteiger partial charge in [-0.05, 0) is 77.0 Å². The number of unbranched alkanes of at least 4 members (excludes halogenated alkanes) is 50. The summed E-state index contributed by atoms with van der Waals surface area (Å²) in [4.78, 5) is 38.5. The first-order chi connectivity index (χ1) is 41.0. The van der Waals surface area contributed by atoms with Crippen LogP contribution in [0.3, 0.4) is 0 Å². The monoisotopic (exact) mass is 1160 g/mol. The van der Waals surface area contributed by atoms with Crippen molar-refractivity contribution in [2.75, 3.05) is 13.2 Å². The minimum atomic E-state index is -0.779. The van der Waals surface area contributed by atoms with Crippen molar-refractivity contribution in [2.45, 2.75) is 412 Å². The Morgan fingerprint density at radius 3 is 0.747 bits per heavy atom. The molecule has 0 bridgehead atoms. The van der Waals surface area contributed by atoms with Gasteiger partial charge < -0.3 is 14.2 Å². The molecule has 0 spiro atoms. The van der Waals surface area contributed by atoms with E-state index in [1.807, 2.05) is 0 Å². The highest BCUT2D eigenvalue weighted by Crippen LogP contribution is 2.19. The zero-order valence-electron chi connectivity index (χ0n) is 56.0. The van der Waals surface area contributed by atoms with Crippen molar-refractivity contribution in [3.63, 3.8) is 0 Å². The van der Waals surface area contributed by atoms with E-state index < -0.39 is 6.10 Å². The van der Waals surface area contributed by atoms with Crippen LogP contribution in [0.25, 0.3) is 0 Å². The Hall–Kier alpha value is -2.63. The maximum absolute atomic E-state index is 13.0. The molecule has 83 heavy (non-hydrogen) atoms. The average molecular weight is 1160 g/mol. The van der Waals surface area contributed by atoms with E-state index in [4.69, 9.17) is 14.2 Å². The van der Waals surface area contributed by atoms with Gasteiger partial charge in [0.1, 0.15) is 13.2 Å². The predicted octanol–water partition coefficient (Wildman–Crippen LogP) is 25.7. The summed E-state index contributed by atoms with van der Waals surface area (Å²) in [6.45, 7) is 6.60. The Morgan fingerprint density at radius 2 is 0.470 bits per heavy atom. The summed E-state index contributed by atoms with van der Waals surface area (Å²) < 4.78 is 17.0. The Bertz CT molecular complexity index is 1430. The largest absolute Gasteiger partial charge is 0.462 e. The minimum Gasteiger partial charge on any atom is -0.462 e. The second-order valence-electron chi connectivity index (χ2n) is 25.2. The van der Waals surface area contributed by atoms with Crippen LogP contribution >= 0.6 is 0 Å². The van der Waals surface area contributed by atoms with Crippen molar-refractivity contribution in [2.24, 2.45) is 0 Å². The first-order valence-corrected chi connectivity index (χ1v) is 37.1. The van der Waals surface area contributed by atoms with Gasteiger partial charge >= 0.3 is 17.9 Å². The lowest BCUT2D eigenvalue weighted by atomic mass is 10.0. The van der Waals surface area contributed by atoms with Gasteiger partial charge in [0.2, 0.25) is 0 Å². The molecule has 0 aromatic rings. The molecular weight excluding hydrogens is 1020 g/mol. The third kappa shape index (κ3) is 70.0. The number of allylic oxidation sites excluding steroid dienone is 8. The van der Waals surface area contributed by atoms with Gasteiger partial charge in [-0.1, -0.05) is 358 Å². The molecule has 0 aromatic heterocycles. The SMILES string of the molecule is CC/C=C\C/C=C\C/C=C\CCCCCCCCCC(=O)OCC(COC(=O)CCCCCCCCCCCCCCCCCCCCCCCCCCCCC)OC(=O)CCCCCCCCCCC/C=C\CCCCCCCCCC. The fourth-order valence-electron chi connectivity index (χ4n) is 11.3. The molecule has 0 fully saturated rings. The highest BCUT2D eigenvalue weighted by atomic mass is 16.6.